The predicted octanol–water partition coefficient (Wildman–Crippen LogP) is 5.02. The fourth-order valence-corrected chi connectivity index (χ4v) is 3.57. The van der Waals surface area contributed by atoms with Crippen LogP contribution in [0.3, 0.4) is 0 Å². The van der Waals surface area contributed by atoms with Crippen LogP contribution < -0.4 is 15.4 Å². The minimum Gasteiger partial charge on any atom is -0.496 e. The molecule has 0 bridgehead atoms. The van der Waals surface area contributed by atoms with Gasteiger partial charge in [-0.3, -0.25) is 9.78 Å². The molecule has 4 rings (SSSR count). The molecule has 176 valence electrons. The number of nitrogens with zero attached hydrogens (tertiary/aromatic N) is 2. The van der Waals surface area contributed by atoms with Crippen LogP contribution >= 0.6 is 0 Å². The van der Waals surface area contributed by atoms with E-state index in [2.05, 4.69) is 45.7 Å². The molecule has 8 nitrogen and oxygen atoms in total. The Hall–Kier alpha value is -4.72. The maximum absolute atomic E-state index is 13.0. The lowest BCUT2D eigenvalue weighted by Gasteiger charge is -2.12. The van der Waals surface area contributed by atoms with Crippen molar-refractivity contribution in [2.24, 2.45) is 0 Å². The highest BCUT2D eigenvalue weighted by atomic mass is 16.5. The van der Waals surface area contributed by atoms with Gasteiger partial charge in [-0.25, -0.2) is 9.78 Å². The standard InChI is InChI=1S/C27H24N4O4/c1-17-4-3-5-18(10-17)13-29-25-9-7-20(15-30-25)19-6-8-24(35-2)23(12-19)26(32)31-22-11-21(27(33)34)14-28-16-22/h3-12,14-16H,13H2,1-2H3,(H,29,30)(H,31,32)(H,33,34). The summed E-state index contributed by atoms with van der Waals surface area (Å²) >= 11 is 0. The number of nitrogens with one attached hydrogen (secondary N) is 2. The normalized spacial score (nSPS) is 10.5. The molecule has 0 spiro atoms. The van der Waals surface area contributed by atoms with Crippen LogP contribution in [0.4, 0.5) is 11.5 Å². The van der Waals surface area contributed by atoms with Gasteiger partial charge in [0, 0.05) is 24.5 Å². The third-order valence-electron chi connectivity index (χ3n) is 5.34. The lowest BCUT2D eigenvalue weighted by Crippen LogP contribution is -2.14. The zero-order valence-corrected chi connectivity index (χ0v) is 19.3. The molecule has 2 aromatic heterocycles. The number of aryl methyl sites for hydroxylation is 1. The monoisotopic (exact) mass is 468 g/mol. The van der Waals surface area contributed by atoms with Gasteiger partial charge in [0.15, 0.2) is 0 Å². The number of hydrogen-bond donors (Lipinski definition) is 3. The van der Waals surface area contributed by atoms with Crippen LogP contribution in [0.15, 0.2) is 79.3 Å². The van der Waals surface area contributed by atoms with Crippen LogP contribution in [0.25, 0.3) is 11.1 Å². The molecule has 2 heterocycles. The number of carbonyl (C=O) groups is 2. The van der Waals surface area contributed by atoms with Crippen LogP contribution in [0, 0.1) is 6.92 Å². The SMILES string of the molecule is COc1ccc(-c2ccc(NCc3cccc(C)c3)nc2)cc1C(=O)Nc1cncc(C(=O)O)c1. The molecule has 35 heavy (non-hydrogen) atoms. The minimum atomic E-state index is -1.13. The molecule has 0 fully saturated rings. The second kappa shape index (κ2) is 10.5. The van der Waals surface area contributed by atoms with Gasteiger partial charge < -0.3 is 20.5 Å². The van der Waals surface area contributed by atoms with Gasteiger partial charge >= 0.3 is 5.97 Å². The van der Waals surface area contributed by atoms with Gasteiger partial charge in [0.25, 0.3) is 5.91 Å². The van der Waals surface area contributed by atoms with E-state index in [1.807, 2.05) is 24.3 Å². The Labute approximate surface area is 202 Å². The number of amides is 1. The number of pyridine rings is 2. The molecule has 8 heteroatoms. The Balaban J connectivity index is 1.51. The molecule has 0 unspecified atom stereocenters. The zero-order chi connectivity index (χ0) is 24.8. The molecule has 0 atom stereocenters. The van der Waals surface area contributed by atoms with Crippen LogP contribution in [0.1, 0.15) is 31.8 Å². The van der Waals surface area contributed by atoms with E-state index < -0.39 is 11.9 Å². The summed E-state index contributed by atoms with van der Waals surface area (Å²) in [7, 11) is 1.48. The van der Waals surface area contributed by atoms with E-state index in [0.29, 0.717) is 17.9 Å². The van der Waals surface area contributed by atoms with Crippen molar-refractivity contribution in [2.75, 3.05) is 17.7 Å². The summed E-state index contributed by atoms with van der Waals surface area (Å²) in [6.45, 7) is 2.72. The first-order valence-electron chi connectivity index (χ1n) is 10.9. The van der Waals surface area contributed by atoms with E-state index >= 15 is 0 Å². The summed E-state index contributed by atoms with van der Waals surface area (Å²) in [5, 5.41) is 15.1. The molecule has 0 saturated heterocycles. The Kier molecular flexibility index (Phi) is 7.02. The average molecular weight is 469 g/mol. The molecule has 1 amide bonds. The summed E-state index contributed by atoms with van der Waals surface area (Å²) < 4.78 is 5.36. The summed E-state index contributed by atoms with van der Waals surface area (Å²) in [5.74, 6) is -0.444. The molecule has 4 aromatic rings. The van der Waals surface area contributed by atoms with Gasteiger partial charge in [-0.2, -0.15) is 0 Å². The quantitative estimate of drug-likeness (QED) is 0.333. The number of benzene rings is 2. The molecule has 0 aliphatic rings. The second-order valence-corrected chi connectivity index (χ2v) is 7.91. The van der Waals surface area contributed by atoms with Gasteiger partial charge in [0.2, 0.25) is 0 Å². The molecular formula is C27H24N4O4. The van der Waals surface area contributed by atoms with Crippen molar-refractivity contribution in [1.82, 2.24) is 9.97 Å². The summed E-state index contributed by atoms with van der Waals surface area (Å²) in [5.41, 5.74) is 4.54. The Morgan fingerprint density at radius 3 is 2.51 bits per heavy atom. The van der Waals surface area contributed by atoms with Crippen molar-refractivity contribution in [3.05, 3.63) is 102 Å². The van der Waals surface area contributed by atoms with Crippen LogP contribution in [0.5, 0.6) is 5.75 Å². The Morgan fingerprint density at radius 2 is 1.80 bits per heavy atom. The number of aromatic carboxylic acids is 1. The van der Waals surface area contributed by atoms with Gasteiger partial charge in [-0.05, 0) is 48.4 Å². The number of carboxylic acids is 1. The molecule has 0 radical (unpaired) electrons. The molecule has 2 aromatic carbocycles. The number of methoxy groups -OCH3 is 1. The van der Waals surface area contributed by atoms with Gasteiger partial charge in [0.05, 0.1) is 30.1 Å². The van der Waals surface area contributed by atoms with Crippen LogP contribution in [-0.2, 0) is 6.54 Å². The molecule has 0 aliphatic carbocycles. The number of carboxylic acid groups (broad SMARTS) is 1. The van der Waals surface area contributed by atoms with Crippen LogP contribution in [0.2, 0.25) is 0 Å². The van der Waals surface area contributed by atoms with Crippen LogP contribution in [-0.4, -0.2) is 34.1 Å². The maximum Gasteiger partial charge on any atom is 0.337 e. The fourth-order valence-electron chi connectivity index (χ4n) is 3.57. The number of rotatable bonds is 8. The number of hydrogen-bond acceptors (Lipinski definition) is 6. The Morgan fingerprint density at radius 1 is 0.971 bits per heavy atom. The number of aromatic nitrogens is 2. The lowest BCUT2D eigenvalue weighted by atomic mass is 10.0. The van der Waals surface area contributed by atoms with Crippen molar-refractivity contribution >= 4 is 23.4 Å². The third kappa shape index (κ3) is 5.80. The van der Waals surface area contributed by atoms with Gasteiger partial charge in [0.1, 0.15) is 11.6 Å². The molecule has 0 aliphatic heterocycles. The summed E-state index contributed by atoms with van der Waals surface area (Å²) in [6, 6.07) is 18.7. The van der Waals surface area contributed by atoms with E-state index in [1.54, 1.807) is 18.3 Å². The first kappa shape index (κ1) is 23.4. The minimum absolute atomic E-state index is 0.0225. The highest BCUT2D eigenvalue weighted by Crippen LogP contribution is 2.28. The van der Waals surface area contributed by atoms with Crippen molar-refractivity contribution in [3.63, 3.8) is 0 Å². The maximum atomic E-state index is 13.0. The fraction of sp³-hybridized carbons (Fsp3) is 0.111. The number of carbonyl (C=O) groups excluding carboxylic acids is 1. The third-order valence-corrected chi connectivity index (χ3v) is 5.34. The van der Waals surface area contributed by atoms with E-state index in [0.717, 1.165) is 16.9 Å². The zero-order valence-electron chi connectivity index (χ0n) is 19.3. The van der Waals surface area contributed by atoms with Crippen molar-refractivity contribution < 1.29 is 19.4 Å². The predicted molar refractivity (Wildman–Crippen MR) is 134 cm³/mol. The van der Waals surface area contributed by atoms with Gasteiger partial charge in [-0.1, -0.05) is 35.9 Å². The highest BCUT2D eigenvalue weighted by Gasteiger charge is 2.15. The smallest absolute Gasteiger partial charge is 0.337 e. The largest absolute Gasteiger partial charge is 0.496 e. The number of anilines is 2. The van der Waals surface area contributed by atoms with E-state index in [4.69, 9.17) is 9.84 Å². The second-order valence-electron chi connectivity index (χ2n) is 7.91. The molecule has 3 N–H and O–H groups in total. The molecular weight excluding hydrogens is 444 g/mol. The first-order chi connectivity index (χ1) is 16.9. The average Bonchev–Trinajstić information content (AvgIpc) is 2.87. The Bertz CT molecular complexity index is 1370. The van der Waals surface area contributed by atoms with Crippen molar-refractivity contribution in [1.29, 1.82) is 0 Å². The topological polar surface area (TPSA) is 113 Å². The highest BCUT2D eigenvalue weighted by molar-refractivity contribution is 6.07. The van der Waals surface area contributed by atoms with Gasteiger partial charge in [-0.15, -0.1) is 0 Å². The van der Waals surface area contributed by atoms with Crippen molar-refractivity contribution in [2.45, 2.75) is 13.5 Å². The lowest BCUT2D eigenvalue weighted by molar-refractivity contribution is 0.0696. The van der Waals surface area contributed by atoms with Crippen molar-refractivity contribution in [3.8, 4) is 16.9 Å². The summed E-state index contributed by atoms with van der Waals surface area (Å²) in [6.07, 6.45) is 4.33. The first-order valence-corrected chi connectivity index (χ1v) is 10.9. The van der Waals surface area contributed by atoms with E-state index in [-0.39, 0.29) is 11.3 Å². The van der Waals surface area contributed by atoms with E-state index in [9.17, 15) is 9.59 Å². The van der Waals surface area contributed by atoms with E-state index in [1.165, 1.54) is 36.7 Å². The molecule has 0 saturated carbocycles. The summed E-state index contributed by atoms with van der Waals surface area (Å²) in [4.78, 5) is 32.5. The number of ether oxygens (including phenoxy) is 1.